The second-order valence-electron chi connectivity index (χ2n) is 6.26. The Morgan fingerprint density at radius 3 is 2.73 bits per heavy atom. The van der Waals surface area contributed by atoms with Gasteiger partial charge < -0.3 is 14.6 Å². The van der Waals surface area contributed by atoms with Gasteiger partial charge in [-0.2, -0.15) is 0 Å². The van der Waals surface area contributed by atoms with Crippen LogP contribution < -0.4 is 4.90 Å². The zero-order valence-electron chi connectivity index (χ0n) is 13.1. The maximum absolute atomic E-state index is 5.83. The standard InChI is InChI=1S/C17H20N4O/c1-10-4-5-14-13(6-10)15-16(20-14)17(19-9-18-15)21-7-11(2)22-12(3)8-21/h4-6,9,11-12,20H,7-8H2,1-3H3/t11-,12+. The van der Waals surface area contributed by atoms with Gasteiger partial charge in [0, 0.05) is 24.0 Å². The molecule has 1 aliphatic heterocycles. The van der Waals surface area contributed by atoms with Gasteiger partial charge >= 0.3 is 0 Å². The minimum Gasteiger partial charge on any atom is -0.372 e. The molecule has 0 saturated carbocycles. The summed E-state index contributed by atoms with van der Waals surface area (Å²) in [6.07, 6.45) is 2.08. The number of anilines is 1. The largest absolute Gasteiger partial charge is 0.372 e. The summed E-state index contributed by atoms with van der Waals surface area (Å²) < 4.78 is 5.83. The van der Waals surface area contributed by atoms with E-state index in [-0.39, 0.29) is 12.2 Å². The second kappa shape index (κ2) is 4.95. The van der Waals surface area contributed by atoms with Crippen LogP contribution in [-0.2, 0) is 4.74 Å². The number of morpholine rings is 1. The van der Waals surface area contributed by atoms with Gasteiger partial charge in [-0.1, -0.05) is 11.6 Å². The van der Waals surface area contributed by atoms with Crippen molar-refractivity contribution in [2.45, 2.75) is 33.0 Å². The molecule has 5 heteroatoms. The van der Waals surface area contributed by atoms with Crippen molar-refractivity contribution >= 4 is 27.8 Å². The van der Waals surface area contributed by atoms with Gasteiger partial charge in [-0.25, -0.2) is 9.97 Å². The summed E-state index contributed by atoms with van der Waals surface area (Å²) in [4.78, 5) is 14.8. The van der Waals surface area contributed by atoms with Gasteiger partial charge in [-0.3, -0.25) is 0 Å². The highest BCUT2D eigenvalue weighted by molar-refractivity contribution is 6.08. The van der Waals surface area contributed by atoms with Crippen molar-refractivity contribution in [2.24, 2.45) is 0 Å². The minimum absolute atomic E-state index is 0.209. The van der Waals surface area contributed by atoms with E-state index in [4.69, 9.17) is 4.74 Å². The fourth-order valence-electron chi connectivity index (χ4n) is 3.38. The zero-order valence-corrected chi connectivity index (χ0v) is 13.1. The number of hydrogen-bond donors (Lipinski definition) is 1. The molecule has 1 saturated heterocycles. The van der Waals surface area contributed by atoms with Crippen LogP contribution in [0.1, 0.15) is 19.4 Å². The molecule has 0 spiro atoms. The molecule has 1 aliphatic rings. The molecule has 2 atom stereocenters. The van der Waals surface area contributed by atoms with Crippen molar-refractivity contribution < 1.29 is 4.74 Å². The number of aromatic nitrogens is 3. The third-order valence-electron chi connectivity index (χ3n) is 4.24. The van der Waals surface area contributed by atoms with Gasteiger partial charge in [-0.15, -0.1) is 0 Å². The summed E-state index contributed by atoms with van der Waals surface area (Å²) >= 11 is 0. The minimum atomic E-state index is 0.209. The Bertz CT molecular complexity index is 831. The van der Waals surface area contributed by atoms with E-state index in [1.54, 1.807) is 6.33 Å². The first-order valence-corrected chi connectivity index (χ1v) is 7.75. The van der Waals surface area contributed by atoms with Crippen LogP contribution in [0.15, 0.2) is 24.5 Å². The number of hydrogen-bond acceptors (Lipinski definition) is 4. The molecule has 1 aromatic carbocycles. The predicted octanol–water partition coefficient (Wildman–Crippen LogP) is 3.03. The van der Waals surface area contributed by atoms with Crippen molar-refractivity contribution in [1.29, 1.82) is 0 Å². The third-order valence-corrected chi connectivity index (χ3v) is 4.24. The number of aromatic amines is 1. The number of H-pyrrole nitrogens is 1. The van der Waals surface area contributed by atoms with Crippen LogP contribution in [0.4, 0.5) is 5.82 Å². The molecule has 3 heterocycles. The fraction of sp³-hybridized carbons (Fsp3) is 0.412. The Hall–Kier alpha value is -2.14. The van der Waals surface area contributed by atoms with Crippen LogP contribution in [0.3, 0.4) is 0 Å². The summed E-state index contributed by atoms with van der Waals surface area (Å²) in [5, 5.41) is 1.16. The molecular formula is C17H20N4O. The Morgan fingerprint density at radius 1 is 1.18 bits per heavy atom. The van der Waals surface area contributed by atoms with E-state index in [0.29, 0.717) is 0 Å². The average Bonchev–Trinajstić information content (AvgIpc) is 2.84. The lowest BCUT2D eigenvalue weighted by molar-refractivity contribution is -0.00537. The molecule has 0 radical (unpaired) electrons. The number of ether oxygens (including phenoxy) is 1. The number of fused-ring (bicyclic) bond motifs is 3. The van der Waals surface area contributed by atoms with Gasteiger partial charge in [0.05, 0.1) is 12.2 Å². The van der Waals surface area contributed by atoms with Crippen LogP contribution in [0.5, 0.6) is 0 Å². The second-order valence-corrected chi connectivity index (χ2v) is 6.26. The molecule has 22 heavy (non-hydrogen) atoms. The predicted molar refractivity (Wildman–Crippen MR) is 88.4 cm³/mol. The zero-order chi connectivity index (χ0) is 15.3. The van der Waals surface area contributed by atoms with Crippen LogP contribution in [0.2, 0.25) is 0 Å². The van der Waals surface area contributed by atoms with Crippen molar-refractivity contribution in [2.75, 3.05) is 18.0 Å². The molecule has 0 amide bonds. The van der Waals surface area contributed by atoms with Crippen molar-refractivity contribution in [3.05, 3.63) is 30.1 Å². The van der Waals surface area contributed by atoms with Gasteiger partial charge in [0.25, 0.3) is 0 Å². The van der Waals surface area contributed by atoms with Crippen molar-refractivity contribution in [3.8, 4) is 0 Å². The highest BCUT2D eigenvalue weighted by Gasteiger charge is 2.25. The van der Waals surface area contributed by atoms with Gasteiger partial charge in [0.1, 0.15) is 17.4 Å². The first-order valence-electron chi connectivity index (χ1n) is 7.75. The fourth-order valence-corrected chi connectivity index (χ4v) is 3.38. The number of aryl methyl sites for hydroxylation is 1. The van der Waals surface area contributed by atoms with E-state index in [1.807, 2.05) is 0 Å². The summed E-state index contributed by atoms with van der Waals surface area (Å²) in [6.45, 7) is 8.02. The summed E-state index contributed by atoms with van der Waals surface area (Å²) in [6, 6.07) is 6.40. The number of nitrogens with zero attached hydrogens (tertiary/aromatic N) is 3. The van der Waals surface area contributed by atoms with E-state index in [1.165, 1.54) is 5.56 Å². The topological polar surface area (TPSA) is 54.0 Å². The highest BCUT2D eigenvalue weighted by Crippen LogP contribution is 2.30. The number of benzene rings is 1. The van der Waals surface area contributed by atoms with Crippen LogP contribution in [-0.4, -0.2) is 40.2 Å². The lowest BCUT2D eigenvalue weighted by atomic mass is 10.1. The molecular weight excluding hydrogens is 276 g/mol. The maximum atomic E-state index is 5.83. The molecule has 3 aromatic rings. The summed E-state index contributed by atoms with van der Waals surface area (Å²) in [7, 11) is 0. The van der Waals surface area contributed by atoms with E-state index in [0.717, 1.165) is 40.8 Å². The van der Waals surface area contributed by atoms with Gasteiger partial charge in [-0.05, 0) is 32.9 Å². The van der Waals surface area contributed by atoms with Gasteiger partial charge in [0.15, 0.2) is 5.82 Å². The van der Waals surface area contributed by atoms with Crippen LogP contribution in [0.25, 0.3) is 21.9 Å². The molecule has 114 valence electrons. The first-order chi connectivity index (χ1) is 10.6. The Balaban J connectivity index is 1.89. The molecule has 1 N–H and O–H groups in total. The maximum Gasteiger partial charge on any atom is 0.156 e. The Kier molecular flexibility index (Phi) is 3.04. The lowest BCUT2D eigenvalue weighted by Gasteiger charge is -2.36. The van der Waals surface area contributed by atoms with Gasteiger partial charge in [0.2, 0.25) is 0 Å². The van der Waals surface area contributed by atoms with E-state index >= 15 is 0 Å². The normalized spacial score (nSPS) is 22.6. The molecule has 5 nitrogen and oxygen atoms in total. The quantitative estimate of drug-likeness (QED) is 0.750. The highest BCUT2D eigenvalue weighted by atomic mass is 16.5. The average molecular weight is 296 g/mol. The number of rotatable bonds is 1. The monoisotopic (exact) mass is 296 g/mol. The van der Waals surface area contributed by atoms with Crippen LogP contribution in [0, 0.1) is 6.92 Å². The first kappa shape index (κ1) is 13.5. The Morgan fingerprint density at radius 2 is 1.95 bits per heavy atom. The molecule has 0 unspecified atom stereocenters. The number of nitrogens with one attached hydrogen (secondary N) is 1. The van der Waals surface area contributed by atoms with Crippen LogP contribution >= 0.6 is 0 Å². The van der Waals surface area contributed by atoms with E-state index in [2.05, 4.69) is 58.8 Å². The lowest BCUT2D eigenvalue weighted by Crippen LogP contribution is -2.46. The van der Waals surface area contributed by atoms with Crippen molar-refractivity contribution in [3.63, 3.8) is 0 Å². The summed E-state index contributed by atoms with van der Waals surface area (Å²) in [5.74, 6) is 0.973. The van der Waals surface area contributed by atoms with E-state index in [9.17, 15) is 0 Å². The smallest absolute Gasteiger partial charge is 0.156 e. The van der Waals surface area contributed by atoms with E-state index < -0.39 is 0 Å². The van der Waals surface area contributed by atoms with Crippen molar-refractivity contribution in [1.82, 2.24) is 15.0 Å². The molecule has 4 rings (SSSR count). The summed E-state index contributed by atoms with van der Waals surface area (Å²) in [5.41, 5.74) is 4.36. The molecule has 1 fully saturated rings. The molecule has 2 aromatic heterocycles. The third kappa shape index (κ3) is 2.13. The molecule has 0 bridgehead atoms. The Labute approximate surface area is 129 Å². The SMILES string of the molecule is Cc1ccc2[nH]c3c(N4C[C@@H](C)O[C@@H](C)C4)ncnc3c2c1. The molecule has 0 aliphatic carbocycles.